The van der Waals surface area contributed by atoms with Gasteiger partial charge in [-0.25, -0.2) is 0 Å². The average molecular weight is 255 g/mol. The Hall–Kier alpha value is -0.915. The van der Waals surface area contributed by atoms with E-state index < -0.39 is 0 Å². The molecular weight excluding hydrogens is 229 g/mol. The van der Waals surface area contributed by atoms with Crippen molar-refractivity contribution in [2.24, 2.45) is 5.92 Å². The standard InChI is InChI=1S/C17H26BN/c1-11(2)16(13-8-6-7-12(13)3)14-9-10-15(18)17(14)19(4)5/h11,15H,3,6-10H2,1-2,4-5H3/b16-13-. The van der Waals surface area contributed by atoms with E-state index in [1.165, 1.54) is 41.7 Å². The van der Waals surface area contributed by atoms with E-state index >= 15 is 0 Å². The molecule has 0 amide bonds. The van der Waals surface area contributed by atoms with Gasteiger partial charge >= 0.3 is 0 Å². The molecule has 2 aliphatic rings. The van der Waals surface area contributed by atoms with Gasteiger partial charge in [0.15, 0.2) is 0 Å². The molecule has 1 nitrogen and oxygen atoms in total. The van der Waals surface area contributed by atoms with Gasteiger partial charge in [0.25, 0.3) is 0 Å². The minimum Gasteiger partial charge on any atom is -0.381 e. The first-order valence-electron chi connectivity index (χ1n) is 7.51. The average Bonchev–Trinajstić information content (AvgIpc) is 2.87. The van der Waals surface area contributed by atoms with Crippen LogP contribution in [0.4, 0.5) is 0 Å². The molecule has 0 aliphatic heterocycles. The predicted octanol–water partition coefficient (Wildman–Crippen LogP) is 4.25. The fourth-order valence-electron chi connectivity index (χ4n) is 3.67. The topological polar surface area (TPSA) is 3.24 Å². The van der Waals surface area contributed by atoms with Crippen LogP contribution in [0.2, 0.25) is 5.82 Å². The van der Waals surface area contributed by atoms with Crippen LogP contribution < -0.4 is 0 Å². The Labute approximate surface area is 119 Å². The Balaban J connectivity index is 2.54. The van der Waals surface area contributed by atoms with Gasteiger partial charge < -0.3 is 4.90 Å². The zero-order valence-corrected chi connectivity index (χ0v) is 12.9. The summed E-state index contributed by atoms with van der Waals surface area (Å²) in [6.45, 7) is 8.88. The summed E-state index contributed by atoms with van der Waals surface area (Å²) < 4.78 is 0. The molecule has 2 heteroatoms. The van der Waals surface area contributed by atoms with Crippen molar-refractivity contribution in [2.75, 3.05) is 14.1 Å². The van der Waals surface area contributed by atoms with E-state index in [9.17, 15) is 0 Å². The van der Waals surface area contributed by atoms with E-state index in [1.807, 2.05) is 0 Å². The van der Waals surface area contributed by atoms with Crippen molar-refractivity contribution in [1.82, 2.24) is 4.90 Å². The van der Waals surface area contributed by atoms with Gasteiger partial charge in [0, 0.05) is 19.8 Å². The fraction of sp³-hybridized carbons (Fsp3) is 0.647. The normalized spacial score (nSPS) is 26.6. The lowest BCUT2D eigenvalue weighted by Gasteiger charge is -2.25. The first kappa shape index (κ1) is 14.5. The van der Waals surface area contributed by atoms with Crippen molar-refractivity contribution in [3.05, 3.63) is 34.6 Å². The van der Waals surface area contributed by atoms with E-state index in [4.69, 9.17) is 7.85 Å². The van der Waals surface area contributed by atoms with Gasteiger partial charge in [-0.05, 0) is 60.6 Å². The van der Waals surface area contributed by atoms with Crippen LogP contribution in [-0.2, 0) is 0 Å². The van der Waals surface area contributed by atoms with Gasteiger partial charge in [-0.1, -0.05) is 26.0 Å². The lowest BCUT2D eigenvalue weighted by Crippen LogP contribution is -2.16. The highest BCUT2D eigenvalue weighted by Gasteiger charge is 2.29. The summed E-state index contributed by atoms with van der Waals surface area (Å²) in [7, 11) is 10.5. The van der Waals surface area contributed by atoms with Gasteiger partial charge in [0.05, 0.1) is 7.85 Å². The monoisotopic (exact) mass is 255 g/mol. The van der Waals surface area contributed by atoms with Gasteiger partial charge in [-0.3, -0.25) is 0 Å². The molecule has 1 fully saturated rings. The minimum atomic E-state index is 0.203. The molecule has 1 atom stereocenters. The third-order valence-corrected chi connectivity index (χ3v) is 4.41. The summed E-state index contributed by atoms with van der Waals surface area (Å²) in [5.74, 6) is 0.758. The maximum absolute atomic E-state index is 6.30. The summed E-state index contributed by atoms with van der Waals surface area (Å²) in [6.07, 6.45) is 5.84. The van der Waals surface area contributed by atoms with Crippen molar-refractivity contribution >= 4 is 7.85 Å². The van der Waals surface area contributed by atoms with E-state index in [-0.39, 0.29) is 5.82 Å². The smallest absolute Gasteiger partial charge is 0.0784 e. The zero-order chi connectivity index (χ0) is 14.2. The molecule has 0 aromatic heterocycles. The molecule has 1 saturated carbocycles. The van der Waals surface area contributed by atoms with Crippen LogP contribution >= 0.6 is 0 Å². The molecule has 2 radical (unpaired) electrons. The summed E-state index contributed by atoms with van der Waals surface area (Å²) in [5, 5.41) is 0. The van der Waals surface area contributed by atoms with Crippen molar-refractivity contribution in [1.29, 1.82) is 0 Å². The highest BCUT2D eigenvalue weighted by atomic mass is 15.1. The third kappa shape index (κ3) is 2.68. The molecule has 19 heavy (non-hydrogen) atoms. The van der Waals surface area contributed by atoms with Gasteiger partial charge in [0.2, 0.25) is 0 Å². The van der Waals surface area contributed by atoms with E-state index in [2.05, 4.69) is 39.4 Å². The molecule has 0 saturated heterocycles. The Morgan fingerprint density at radius 1 is 1.26 bits per heavy atom. The molecular formula is C17H26BN. The highest BCUT2D eigenvalue weighted by Crippen LogP contribution is 2.45. The molecule has 2 rings (SSSR count). The molecule has 2 aliphatic carbocycles. The highest BCUT2D eigenvalue weighted by molar-refractivity contribution is 6.14. The molecule has 0 aromatic rings. The van der Waals surface area contributed by atoms with Crippen LogP contribution in [0.5, 0.6) is 0 Å². The summed E-state index contributed by atoms with van der Waals surface area (Å²) in [5.41, 5.74) is 7.27. The van der Waals surface area contributed by atoms with Crippen molar-refractivity contribution in [3.63, 3.8) is 0 Å². The number of rotatable bonds is 3. The zero-order valence-electron chi connectivity index (χ0n) is 12.9. The van der Waals surface area contributed by atoms with Crippen LogP contribution in [0, 0.1) is 5.92 Å². The Morgan fingerprint density at radius 2 is 1.95 bits per heavy atom. The van der Waals surface area contributed by atoms with Crippen LogP contribution in [0.25, 0.3) is 0 Å². The first-order valence-corrected chi connectivity index (χ1v) is 7.51. The van der Waals surface area contributed by atoms with Crippen molar-refractivity contribution in [2.45, 2.75) is 51.8 Å². The molecule has 1 unspecified atom stereocenters. The van der Waals surface area contributed by atoms with Crippen LogP contribution in [-0.4, -0.2) is 26.8 Å². The Morgan fingerprint density at radius 3 is 2.42 bits per heavy atom. The first-order chi connectivity index (χ1) is 8.93. The van der Waals surface area contributed by atoms with Gasteiger partial charge in [0.1, 0.15) is 0 Å². The minimum absolute atomic E-state index is 0.203. The second kappa shape index (κ2) is 5.60. The molecule has 0 aromatic carbocycles. The second-order valence-corrected chi connectivity index (χ2v) is 6.41. The molecule has 0 spiro atoms. The number of hydrogen-bond acceptors (Lipinski definition) is 1. The molecule has 0 heterocycles. The Bertz CT molecular complexity index is 440. The predicted molar refractivity (Wildman–Crippen MR) is 84.3 cm³/mol. The number of nitrogens with zero attached hydrogens (tertiary/aromatic N) is 1. The maximum Gasteiger partial charge on any atom is 0.0784 e. The number of allylic oxidation sites excluding steroid dienone is 5. The summed E-state index contributed by atoms with van der Waals surface area (Å²) in [4.78, 5) is 2.22. The van der Waals surface area contributed by atoms with Gasteiger partial charge in [-0.15, -0.1) is 0 Å². The van der Waals surface area contributed by atoms with Crippen molar-refractivity contribution in [3.8, 4) is 0 Å². The van der Waals surface area contributed by atoms with Crippen LogP contribution in [0.3, 0.4) is 0 Å². The van der Waals surface area contributed by atoms with E-state index in [0.29, 0.717) is 5.92 Å². The Kier molecular flexibility index (Phi) is 4.27. The van der Waals surface area contributed by atoms with E-state index in [1.54, 1.807) is 5.57 Å². The van der Waals surface area contributed by atoms with Crippen LogP contribution in [0.1, 0.15) is 46.0 Å². The quantitative estimate of drug-likeness (QED) is 0.681. The summed E-state index contributed by atoms with van der Waals surface area (Å²) in [6, 6.07) is 0. The largest absolute Gasteiger partial charge is 0.381 e. The van der Waals surface area contributed by atoms with E-state index in [0.717, 1.165) is 12.8 Å². The third-order valence-electron chi connectivity index (χ3n) is 4.41. The SMILES string of the molecule is [B]C1CCC(/C(=C2/CCCC2=C)C(C)C)=C1N(C)C. The molecule has 0 bridgehead atoms. The second-order valence-electron chi connectivity index (χ2n) is 6.41. The lowest BCUT2D eigenvalue weighted by atomic mass is 9.83. The maximum atomic E-state index is 6.30. The summed E-state index contributed by atoms with van der Waals surface area (Å²) >= 11 is 0. The van der Waals surface area contributed by atoms with Crippen molar-refractivity contribution < 1.29 is 0 Å². The lowest BCUT2D eigenvalue weighted by molar-refractivity contribution is 0.492. The molecule has 102 valence electrons. The fourth-order valence-corrected chi connectivity index (χ4v) is 3.67. The van der Waals surface area contributed by atoms with Gasteiger partial charge in [-0.2, -0.15) is 0 Å². The molecule has 0 N–H and O–H groups in total. The number of hydrogen-bond donors (Lipinski definition) is 0. The van der Waals surface area contributed by atoms with Crippen LogP contribution in [0.15, 0.2) is 34.6 Å².